The minimum atomic E-state index is 0.272. The predicted octanol–water partition coefficient (Wildman–Crippen LogP) is 2.33. The molecule has 2 aliphatic rings. The van der Waals surface area contributed by atoms with Crippen LogP contribution in [0.5, 0.6) is 5.75 Å². The van der Waals surface area contributed by atoms with Gasteiger partial charge in [0.1, 0.15) is 11.9 Å². The number of rotatable bonds is 4. The summed E-state index contributed by atoms with van der Waals surface area (Å²) in [6.45, 7) is 6.58. The highest BCUT2D eigenvalue weighted by Crippen LogP contribution is 2.31. The molecule has 2 heterocycles. The van der Waals surface area contributed by atoms with Crippen LogP contribution in [-0.2, 0) is 6.42 Å². The Kier molecular flexibility index (Phi) is 3.96. The highest BCUT2D eigenvalue weighted by molar-refractivity contribution is 6.30. The highest BCUT2D eigenvalue weighted by atomic mass is 35.5. The Hall–Kier alpha value is -0.770. The van der Waals surface area contributed by atoms with Gasteiger partial charge in [0.05, 0.1) is 0 Å². The van der Waals surface area contributed by atoms with Crippen molar-refractivity contribution in [1.29, 1.82) is 0 Å². The summed E-state index contributed by atoms with van der Waals surface area (Å²) in [5.74, 6) is 1.01. The topological polar surface area (TPSA) is 24.5 Å². The molecule has 1 saturated heterocycles. The fourth-order valence-electron chi connectivity index (χ4n) is 3.14. The SMILES string of the molecule is CCN(CC1Cc2cc(Cl)ccc2O1)C1CCNC1. The lowest BCUT2D eigenvalue weighted by Gasteiger charge is -2.29. The van der Waals surface area contributed by atoms with Crippen LogP contribution in [-0.4, -0.2) is 43.2 Å². The predicted molar refractivity (Wildman–Crippen MR) is 78.1 cm³/mol. The summed E-state index contributed by atoms with van der Waals surface area (Å²) in [7, 11) is 0. The van der Waals surface area contributed by atoms with Gasteiger partial charge in [-0.2, -0.15) is 0 Å². The van der Waals surface area contributed by atoms with E-state index in [1.807, 2.05) is 18.2 Å². The van der Waals surface area contributed by atoms with Crippen molar-refractivity contribution in [3.8, 4) is 5.75 Å². The maximum Gasteiger partial charge on any atom is 0.123 e. The average molecular weight is 281 g/mol. The van der Waals surface area contributed by atoms with Crippen molar-refractivity contribution in [2.45, 2.75) is 31.9 Å². The Balaban J connectivity index is 1.62. The van der Waals surface area contributed by atoms with Crippen molar-refractivity contribution in [3.05, 3.63) is 28.8 Å². The van der Waals surface area contributed by atoms with Gasteiger partial charge in [0.15, 0.2) is 0 Å². The summed E-state index contributed by atoms with van der Waals surface area (Å²) in [6, 6.07) is 6.59. The summed E-state index contributed by atoms with van der Waals surface area (Å²) >= 11 is 6.03. The van der Waals surface area contributed by atoms with Crippen LogP contribution in [0.4, 0.5) is 0 Å². The molecule has 4 heteroatoms. The van der Waals surface area contributed by atoms with Crippen LogP contribution in [0, 0.1) is 0 Å². The fraction of sp³-hybridized carbons (Fsp3) is 0.600. The second kappa shape index (κ2) is 5.70. The van der Waals surface area contributed by atoms with Gasteiger partial charge in [0, 0.05) is 30.6 Å². The van der Waals surface area contributed by atoms with Crippen LogP contribution in [0.3, 0.4) is 0 Å². The van der Waals surface area contributed by atoms with Gasteiger partial charge in [0.25, 0.3) is 0 Å². The molecule has 2 unspecified atom stereocenters. The van der Waals surface area contributed by atoms with Crippen molar-refractivity contribution in [2.75, 3.05) is 26.2 Å². The molecule has 3 rings (SSSR count). The molecule has 3 nitrogen and oxygen atoms in total. The molecule has 2 aliphatic heterocycles. The summed E-state index contributed by atoms with van der Waals surface area (Å²) in [5.41, 5.74) is 1.25. The molecule has 19 heavy (non-hydrogen) atoms. The molecule has 1 N–H and O–H groups in total. The largest absolute Gasteiger partial charge is 0.488 e. The maximum absolute atomic E-state index is 6.03. The van der Waals surface area contributed by atoms with Crippen LogP contribution in [0.1, 0.15) is 18.9 Å². The molecule has 2 atom stereocenters. The zero-order chi connectivity index (χ0) is 13.2. The number of fused-ring (bicyclic) bond motifs is 1. The Morgan fingerprint density at radius 1 is 1.47 bits per heavy atom. The third-order valence-corrected chi connectivity index (χ3v) is 4.39. The summed E-state index contributed by atoms with van der Waals surface area (Å²) in [4.78, 5) is 2.54. The Morgan fingerprint density at radius 2 is 2.37 bits per heavy atom. The molecule has 1 aromatic rings. The molecular weight excluding hydrogens is 260 g/mol. The van der Waals surface area contributed by atoms with Crippen molar-refractivity contribution < 1.29 is 4.74 Å². The molecule has 0 bridgehead atoms. The normalized spacial score (nSPS) is 25.6. The van der Waals surface area contributed by atoms with Crippen molar-refractivity contribution in [2.24, 2.45) is 0 Å². The van der Waals surface area contributed by atoms with E-state index in [0.717, 1.165) is 43.4 Å². The van der Waals surface area contributed by atoms with Gasteiger partial charge in [-0.15, -0.1) is 0 Å². The quantitative estimate of drug-likeness (QED) is 0.916. The molecule has 0 spiro atoms. The fourth-order valence-corrected chi connectivity index (χ4v) is 3.33. The molecule has 0 aromatic heterocycles. The van der Waals surface area contributed by atoms with Crippen LogP contribution < -0.4 is 10.1 Å². The van der Waals surface area contributed by atoms with Gasteiger partial charge in [-0.3, -0.25) is 4.90 Å². The second-order valence-electron chi connectivity index (χ2n) is 5.43. The second-order valence-corrected chi connectivity index (χ2v) is 5.87. The summed E-state index contributed by atoms with van der Waals surface area (Å²) in [6.07, 6.45) is 2.50. The smallest absolute Gasteiger partial charge is 0.123 e. The van der Waals surface area contributed by atoms with E-state index >= 15 is 0 Å². The standard InChI is InChI=1S/C15H21ClN2O/c1-2-18(13-5-6-17-9-13)10-14-8-11-7-12(16)3-4-15(11)19-14/h3-4,7,13-14,17H,2,5-6,8-10H2,1H3. The molecule has 1 aromatic carbocycles. The van der Waals surface area contributed by atoms with Gasteiger partial charge in [-0.25, -0.2) is 0 Å². The first-order chi connectivity index (χ1) is 9.26. The summed E-state index contributed by atoms with van der Waals surface area (Å²) < 4.78 is 6.03. The number of halogens is 1. The first-order valence-corrected chi connectivity index (χ1v) is 7.54. The first-order valence-electron chi connectivity index (χ1n) is 7.16. The number of ether oxygens (including phenoxy) is 1. The van der Waals surface area contributed by atoms with Crippen molar-refractivity contribution in [1.82, 2.24) is 10.2 Å². The lowest BCUT2D eigenvalue weighted by atomic mass is 10.1. The Bertz CT molecular complexity index is 446. The Labute approximate surface area is 119 Å². The van der Waals surface area contributed by atoms with E-state index in [4.69, 9.17) is 16.3 Å². The van der Waals surface area contributed by atoms with E-state index in [1.54, 1.807) is 0 Å². The van der Waals surface area contributed by atoms with Gasteiger partial charge in [-0.05, 0) is 43.3 Å². The highest BCUT2D eigenvalue weighted by Gasteiger charge is 2.28. The molecule has 0 aliphatic carbocycles. The van der Waals surface area contributed by atoms with Gasteiger partial charge >= 0.3 is 0 Å². The lowest BCUT2D eigenvalue weighted by Crippen LogP contribution is -2.42. The molecule has 0 amide bonds. The van der Waals surface area contributed by atoms with Crippen LogP contribution in [0.15, 0.2) is 18.2 Å². The number of nitrogens with one attached hydrogen (secondary N) is 1. The molecule has 1 fully saturated rings. The van der Waals surface area contributed by atoms with Gasteiger partial charge in [-0.1, -0.05) is 18.5 Å². The zero-order valence-corrected chi connectivity index (χ0v) is 12.1. The van der Waals surface area contributed by atoms with E-state index in [0.29, 0.717) is 6.04 Å². The maximum atomic E-state index is 6.03. The number of likely N-dealkylation sites (N-methyl/N-ethyl adjacent to an activating group) is 1. The molecule has 0 radical (unpaired) electrons. The van der Waals surface area contributed by atoms with E-state index in [1.165, 1.54) is 12.0 Å². The van der Waals surface area contributed by atoms with E-state index in [-0.39, 0.29) is 6.10 Å². The summed E-state index contributed by atoms with van der Waals surface area (Å²) in [5, 5.41) is 4.24. The number of hydrogen-bond acceptors (Lipinski definition) is 3. The van der Waals surface area contributed by atoms with Crippen LogP contribution in [0.25, 0.3) is 0 Å². The third-order valence-electron chi connectivity index (χ3n) is 4.16. The van der Waals surface area contributed by atoms with Crippen LogP contribution in [0.2, 0.25) is 5.02 Å². The van der Waals surface area contributed by atoms with Gasteiger partial charge < -0.3 is 10.1 Å². The van der Waals surface area contributed by atoms with E-state index in [2.05, 4.69) is 17.1 Å². The Morgan fingerprint density at radius 3 is 3.11 bits per heavy atom. The number of hydrogen-bond donors (Lipinski definition) is 1. The van der Waals surface area contributed by atoms with Crippen molar-refractivity contribution >= 4 is 11.6 Å². The van der Waals surface area contributed by atoms with E-state index < -0.39 is 0 Å². The first kappa shape index (κ1) is 13.2. The van der Waals surface area contributed by atoms with Gasteiger partial charge in [0.2, 0.25) is 0 Å². The number of nitrogens with zero attached hydrogens (tertiary/aromatic N) is 1. The molecular formula is C15H21ClN2O. The van der Waals surface area contributed by atoms with Crippen molar-refractivity contribution in [3.63, 3.8) is 0 Å². The van der Waals surface area contributed by atoms with E-state index in [9.17, 15) is 0 Å². The monoisotopic (exact) mass is 280 g/mol. The molecule has 0 saturated carbocycles. The zero-order valence-electron chi connectivity index (χ0n) is 11.4. The minimum Gasteiger partial charge on any atom is -0.488 e. The van der Waals surface area contributed by atoms with Crippen LogP contribution >= 0.6 is 11.6 Å². The average Bonchev–Trinajstić information content (AvgIpc) is 3.04. The lowest BCUT2D eigenvalue weighted by molar-refractivity contribution is 0.126. The molecule has 104 valence electrons. The third kappa shape index (κ3) is 2.88. The number of benzene rings is 1. The minimum absolute atomic E-state index is 0.272.